The highest BCUT2D eigenvalue weighted by Crippen LogP contribution is 2.19. The Hall–Kier alpha value is -1.20. The zero-order valence-corrected chi connectivity index (χ0v) is 10.9. The second-order valence-corrected chi connectivity index (χ2v) is 4.75. The van der Waals surface area contributed by atoms with E-state index in [-0.39, 0.29) is 6.61 Å². The molecule has 0 amide bonds. The Kier molecular flexibility index (Phi) is 4.42. The van der Waals surface area contributed by atoms with E-state index in [1.54, 1.807) is 20.0 Å². The largest absolute Gasteiger partial charge is 0.391 e. The molecule has 0 saturated carbocycles. The second kappa shape index (κ2) is 5.42. The lowest BCUT2D eigenvalue weighted by molar-refractivity contribution is 0.0873. The van der Waals surface area contributed by atoms with Crippen LogP contribution in [0.5, 0.6) is 0 Å². The summed E-state index contributed by atoms with van der Waals surface area (Å²) in [4.78, 5) is 10.4. The van der Waals surface area contributed by atoms with Gasteiger partial charge < -0.3 is 15.1 Å². The van der Waals surface area contributed by atoms with Gasteiger partial charge in [0.15, 0.2) is 0 Å². The van der Waals surface area contributed by atoms with Crippen molar-refractivity contribution < 1.29 is 10.2 Å². The smallest absolute Gasteiger partial charge is 0.137 e. The van der Waals surface area contributed by atoms with Crippen LogP contribution in [0.25, 0.3) is 0 Å². The Morgan fingerprint density at radius 1 is 1.41 bits per heavy atom. The van der Waals surface area contributed by atoms with E-state index in [9.17, 15) is 10.2 Å². The van der Waals surface area contributed by atoms with Crippen molar-refractivity contribution in [2.45, 2.75) is 39.9 Å². The maximum atomic E-state index is 9.87. The van der Waals surface area contributed by atoms with Gasteiger partial charge >= 0.3 is 0 Å². The Bertz CT molecular complexity index is 375. The second-order valence-electron chi connectivity index (χ2n) is 4.75. The summed E-state index contributed by atoms with van der Waals surface area (Å²) < 4.78 is 0. The highest BCUT2D eigenvalue weighted by atomic mass is 16.3. The summed E-state index contributed by atoms with van der Waals surface area (Å²) in [5.74, 6) is 1.36. The number of likely N-dealkylation sites (N-methyl/N-ethyl adjacent to an activating group) is 1. The summed E-state index contributed by atoms with van der Waals surface area (Å²) >= 11 is 0. The molecule has 1 rings (SSSR count). The number of aliphatic hydroxyl groups is 2. The average molecular weight is 239 g/mol. The molecule has 0 aliphatic carbocycles. The van der Waals surface area contributed by atoms with Gasteiger partial charge in [0.1, 0.15) is 11.6 Å². The summed E-state index contributed by atoms with van der Waals surface area (Å²) in [5.41, 5.74) is -0.122. The Morgan fingerprint density at radius 2 is 2.06 bits per heavy atom. The van der Waals surface area contributed by atoms with E-state index in [4.69, 9.17) is 0 Å². The predicted octanol–water partition coefficient (Wildman–Crippen LogP) is 0.875. The van der Waals surface area contributed by atoms with Gasteiger partial charge in [-0.2, -0.15) is 0 Å². The summed E-state index contributed by atoms with van der Waals surface area (Å²) in [5, 5.41) is 19.1. The molecular formula is C12H21N3O2. The van der Waals surface area contributed by atoms with Gasteiger partial charge in [-0.25, -0.2) is 9.97 Å². The number of aromatic nitrogens is 2. The molecule has 5 nitrogen and oxygen atoms in total. The zero-order valence-electron chi connectivity index (χ0n) is 10.9. The Balaban J connectivity index is 3.06. The normalized spacial score (nSPS) is 11.6. The van der Waals surface area contributed by atoms with Crippen LogP contribution in [-0.4, -0.2) is 38.9 Å². The van der Waals surface area contributed by atoms with Gasteiger partial charge in [0.05, 0.1) is 12.2 Å². The van der Waals surface area contributed by atoms with Gasteiger partial charge in [-0.3, -0.25) is 0 Å². The van der Waals surface area contributed by atoms with E-state index in [0.29, 0.717) is 30.3 Å². The number of aliphatic hydroxyl groups excluding tert-OH is 1. The molecule has 17 heavy (non-hydrogen) atoms. The maximum Gasteiger partial charge on any atom is 0.137 e. The van der Waals surface area contributed by atoms with Crippen LogP contribution in [0.4, 0.5) is 5.82 Å². The molecule has 2 N–H and O–H groups in total. The van der Waals surface area contributed by atoms with Gasteiger partial charge in [-0.1, -0.05) is 0 Å². The molecule has 0 bridgehead atoms. The van der Waals surface area contributed by atoms with Crippen LogP contribution in [0.15, 0.2) is 6.20 Å². The maximum absolute atomic E-state index is 9.87. The minimum Gasteiger partial charge on any atom is -0.391 e. The summed E-state index contributed by atoms with van der Waals surface area (Å²) in [7, 11) is 0. The van der Waals surface area contributed by atoms with Crippen LogP contribution in [0.3, 0.4) is 0 Å². The topological polar surface area (TPSA) is 69.5 Å². The summed E-state index contributed by atoms with van der Waals surface area (Å²) in [6.07, 6.45) is 1.63. The third-order valence-electron chi connectivity index (χ3n) is 2.39. The van der Waals surface area contributed by atoms with Gasteiger partial charge in [0, 0.05) is 24.8 Å². The molecule has 5 heteroatoms. The van der Waals surface area contributed by atoms with Gasteiger partial charge in [0.2, 0.25) is 0 Å². The van der Waals surface area contributed by atoms with Crippen LogP contribution < -0.4 is 4.90 Å². The Labute approximate surface area is 102 Å². The standard InChI is InChI=1S/C12H21N3O2/c1-5-15(8-12(3,4)17)11-10(7-16)6-13-9(2)14-11/h6,16-17H,5,7-8H2,1-4H3. The molecular weight excluding hydrogens is 218 g/mol. The number of rotatable bonds is 5. The van der Waals surface area contributed by atoms with Crippen LogP contribution in [0.1, 0.15) is 32.2 Å². The van der Waals surface area contributed by atoms with E-state index in [2.05, 4.69) is 9.97 Å². The minimum absolute atomic E-state index is 0.0992. The highest BCUT2D eigenvalue weighted by Gasteiger charge is 2.20. The average Bonchev–Trinajstić information content (AvgIpc) is 2.24. The van der Waals surface area contributed by atoms with Crippen molar-refractivity contribution in [3.8, 4) is 0 Å². The van der Waals surface area contributed by atoms with E-state index < -0.39 is 5.60 Å². The molecule has 0 atom stereocenters. The van der Waals surface area contributed by atoms with Gasteiger partial charge in [0.25, 0.3) is 0 Å². The molecule has 0 radical (unpaired) electrons. The lowest BCUT2D eigenvalue weighted by atomic mass is 10.1. The molecule has 0 spiro atoms. The Morgan fingerprint density at radius 3 is 2.53 bits per heavy atom. The fourth-order valence-electron chi connectivity index (χ4n) is 1.67. The first-order chi connectivity index (χ1) is 7.87. The van der Waals surface area contributed by atoms with E-state index in [1.807, 2.05) is 18.7 Å². The lowest BCUT2D eigenvalue weighted by Crippen LogP contribution is -2.39. The molecule has 0 saturated heterocycles. The molecule has 0 aromatic carbocycles. The number of hydrogen-bond donors (Lipinski definition) is 2. The van der Waals surface area contributed by atoms with Crippen molar-refractivity contribution in [1.82, 2.24) is 9.97 Å². The molecule has 0 aliphatic rings. The van der Waals surface area contributed by atoms with Crippen molar-refractivity contribution in [3.63, 3.8) is 0 Å². The van der Waals surface area contributed by atoms with Gasteiger partial charge in [-0.05, 0) is 27.7 Å². The monoisotopic (exact) mass is 239 g/mol. The van der Waals surface area contributed by atoms with Crippen LogP contribution in [0.2, 0.25) is 0 Å². The predicted molar refractivity (Wildman–Crippen MR) is 66.9 cm³/mol. The number of nitrogens with zero attached hydrogens (tertiary/aromatic N) is 3. The van der Waals surface area contributed by atoms with Crippen molar-refractivity contribution in [2.24, 2.45) is 0 Å². The first kappa shape index (κ1) is 13.9. The van der Waals surface area contributed by atoms with E-state index in [1.165, 1.54) is 0 Å². The number of anilines is 1. The van der Waals surface area contributed by atoms with Crippen LogP contribution in [-0.2, 0) is 6.61 Å². The number of aryl methyl sites for hydroxylation is 1. The molecule has 0 aliphatic heterocycles. The molecule has 0 fully saturated rings. The molecule has 1 aromatic rings. The first-order valence-corrected chi connectivity index (χ1v) is 5.78. The number of hydrogen-bond acceptors (Lipinski definition) is 5. The van der Waals surface area contributed by atoms with Crippen molar-refractivity contribution in [3.05, 3.63) is 17.6 Å². The lowest BCUT2D eigenvalue weighted by Gasteiger charge is -2.30. The molecule has 1 aromatic heterocycles. The fourth-order valence-corrected chi connectivity index (χ4v) is 1.67. The minimum atomic E-state index is -0.804. The molecule has 0 unspecified atom stereocenters. The quantitative estimate of drug-likeness (QED) is 0.798. The third kappa shape index (κ3) is 3.94. The fraction of sp³-hybridized carbons (Fsp3) is 0.667. The highest BCUT2D eigenvalue weighted by molar-refractivity contribution is 5.46. The summed E-state index contributed by atoms with van der Waals surface area (Å²) in [6, 6.07) is 0. The third-order valence-corrected chi connectivity index (χ3v) is 2.39. The summed E-state index contributed by atoms with van der Waals surface area (Å²) in [6.45, 7) is 8.38. The SMILES string of the molecule is CCN(CC(C)(C)O)c1nc(C)ncc1CO. The van der Waals surface area contributed by atoms with Crippen LogP contribution in [0, 0.1) is 6.92 Å². The zero-order chi connectivity index (χ0) is 13.1. The van der Waals surface area contributed by atoms with E-state index in [0.717, 1.165) is 0 Å². The van der Waals surface area contributed by atoms with Crippen LogP contribution >= 0.6 is 0 Å². The van der Waals surface area contributed by atoms with Gasteiger partial charge in [-0.15, -0.1) is 0 Å². The molecule has 96 valence electrons. The molecule has 1 heterocycles. The van der Waals surface area contributed by atoms with E-state index >= 15 is 0 Å². The first-order valence-electron chi connectivity index (χ1n) is 5.78. The van der Waals surface area contributed by atoms with Crippen molar-refractivity contribution >= 4 is 5.82 Å². The van der Waals surface area contributed by atoms with Crippen molar-refractivity contribution in [1.29, 1.82) is 0 Å². The van der Waals surface area contributed by atoms with Crippen molar-refractivity contribution in [2.75, 3.05) is 18.0 Å².